The first-order chi connectivity index (χ1) is 14.6. The molecule has 30 heavy (non-hydrogen) atoms. The summed E-state index contributed by atoms with van der Waals surface area (Å²) in [6.45, 7) is 10.8. The number of allylic oxidation sites excluding steroid dienone is 2. The highest BCUT2D eigenvalue weighted by molar-refractivity contribution is 6.05. The SMILES string of the molecule is C=C(/C=C(\C)C1CC1)NC1=NC(c2ccccc2)Nc2cnccc21.CCCCC. The van der Waals surface area contributed by atoms with Crippen molar-refractivity contribution in [2.24, 2.45) is 10.9 Å². The number of nitrogens with zero attached hydrogens (tertiary/aromatic N) is 2. The zero-order valence-corrected chi connectivity index (χ0v) is 18.5. The monoisotopic (exact) mass is 402 g/mol. The van der Waals surface area contributed by atoms with Crippen molar-refractivity contribution < 1.29 is 0 Å². The van der Waals surface area contributed by atoms with Gasteiger partial charge in [-0.1, -0.05) is 75.6 Å². The maximum absolute atomic E-state index is 4.88. The maximum Gasteiger partial charge on any atom is 0.147 e. The summed E-state index contributed by atoms with van der Waals surface area (Å²) in [6.07, 6.45) is 12.3. The lowest BCUT2D eigenvalue weighted by molar-refractivity contribution is 0.772. The predicted octanol–water partition coefficient (Wildman–Crippen LogP) is 6.61. The molecular formula is C26H34N4. The fraction of sp³-hybridized carbons (Fsp3) is 0.385. The minimum atomic E-state index is -0.137. The molecule has 158 valence electrons. The summed E-state index contributed by atoms with van der Waals surface area (Å²) in [5, 5.41) is 6.85. The molecule has 1 aromatic carbocycles. The topological polar surface area (TPSA) is 49.3 Å². The number of nitrogens with one attached hydrogen (secondary N) is 2. The molecule has 1 aliphatic heterocycles. The number of benzene rings is 1. The van der Waals surface area contributed by atoms with Crippen LogP contribution >= 0.6 is 0 Å². The van der Waals surface area contributed by atoms with E-state index in [1.165, 1.54) is 37.7 Å². The van der Waals surface area contributed by atoms with Crippen LogP contribution in [-0.2, 0) is 0 Å². The Balaban J connectivity index is 0.000000461. The van der Waals surface area contributed by atoms with Crippen molar-refractivity contribution in [3.8, 4) is 0 Å². The van der Waals surface area contributed by atoms with Gasteiger partial charge in [0.05, 0.1) is 11.9 Å². The first-order valence-corrected chi connectivity index (χ1v) is 11.1. The Morgan fingerprint density at radius 1 is 1.17 bits per heavy atom. The number of rotatable bonds is 6. The smallest absolute Gasteiger partial charge is 0.147 e. The molecule has 2 aromatic rings. The lowest BCUT2D eigenvalue weighted by atomic mass is 10.1. The Hall–Kier alpha value is -2.88. The number of aliphatic imine (C=N–C) groups is 1. The van der Waals surface area contributed by atoms with Gasteiger partial charge in [0.25, 0.3) is 0 Å². The lowest BCUT2D eigenvalue weighted by Crippen LogP contribution is -2.30. The van der Waals surface area contributed by atoms with Gasteiger partial charge in [0.15, 0.2) is 0 Å². The van der Waals surface area contributed by atoms with Crippen LogP contribution in [0.4, 0.5) is 5.69 Å². The molecule has 2 heterocycles. The Bertz CT molecular complexity index is 892. The fourth-order valence-corrected chi connectivity index (χ4v) is 3.46. The van der Waals surface area contributed by atoms with Crippen molar-refractivity contribution >= 4 is 11.5 Å². The molecule has 1 atom stereocenters. The van der Waals surface area contributed by atoms with Crippen LogP contribution in [0.5, 0.6) is 0 Å². The third kappa shape index (κ3) is 6.06. The normalized spacial score (nSPS) is 17.6. The summed E-state index contributed by atoms with van der Waals surface area (Å²) in [7, 11) is 0. The van der Waals surface area contributed by atoms with Gasteiger partial charge >= 0.3 is 0 Å². The molecule has 1 unspecified atom stereocenters. The van der Waals surface area contributed by atoms with Crippen LogP contribution in [0.2, 0.25) is 0 Å². The Labute approximate surface area is 181 Å². The van der Waals surface area contributed by atoms with Gasteiger partial charge in [-0.3, -0.25) is 4.98 Å². The second kappa shape index (κ2) is 10.8. The molecule has 1 aromatic heterocycles. The van der Waals surface area contributed by atoms with Gasteiger partial charge in [0.2, 0.25) is 0 Å². The first-order valence-electron chi connectivity index (χ1n) is 11.1. The van der Waals surface area contributed by atoms with Crippen LogP contribution in [0, 0.1) is 5.92 Å². The van der Waals surface area contributed by atoms with E-state index in [2.05, 4.69) is 61.2 Å². The molecule has 0 amide bonds. The average molecular weight is 403 g/mol. The fourth-order valence-electron chi connectivity index (χ4n) is 3.46. The van der Waals surface area contributed by atoms with Crippen LogP contribution in [-0.4, -0.2) is 10.8 Å². The molecule has 4 heteroatoms. The van der Waals surface area contributed by atoms with Crippen LogP contribution in [0.3, 0.4) is 0 Å². The van der Waals surface area contributed by atoms with Crippen molar-refractivity contribution in [3.05, 3.63) is 83.8 Å². The summed E-state index contributed by atoms with van der Waals surface area (Å²) in [6, 6.07) is 12.2. The molecule has 0 saturated heterocycles. The van der Waals surface area contributed by atoms with Crippen molar-refractivity contribution in [1.82, 2.24) is 10.3 Å². The quantitative estimate of drug-likeness (QED) is 0.535. The molecule has 1 aliphatic carbocycles. The van der Waals surface area contributed by atoms with E-state index in [1.807, 2.05) is 30.5 Å². The summed E-state index contributed by atoms with van der Waals surface area (Å²) >= 11 is 0. The molecule has 1 fully saturated rings. The van der Waals surface area contributed by atoms with Crippen molar-refractivity contribution in [1.29, 1.82) is 0 Å². The Morgan fingerprint density at radius 2 is 1.90 bits per heavy atom. The molecule has 2 N–H and O–H groups in total. The van der Waals surface area contributed by atoms with Crippen molar-refractivity contribution in [2.45, 2.75) is 59.0 Å². The van der Waals surface area contributed by atoms with E-state index in [0.29, 0.717) is 0 Å². The lowest BCUT2D eigenvalue weighted by Gasteiger charge is -2.26. The third-order valence-electron chi connectivity index (χ3n) is 5.35. The van der Waals surface area contributed by atoms with Gasteiger partial charge < -0.3 is 10.6 Å². The Kier molecular flexibility index (Phi) is 7.83. The van der Waals surface area contributed by atoms with E-state index < -0.39 is 0 Å². The van der Waals surface area contributed by atoms with E-state index in [0.717, 1.165) is 34.3 Å². The largest absolute Gasteiger partial charge is 0.358 e. The summed E-state index contributed by atoms with van der Waals surface area (Å²) in [5.41, 5.74) is 5.37. The molecule has 0 bridgehead atoms. The second-order valence-corrected chi connectivity index (χ2v) is 8.02. The summed E-state index contributed by atoms with van der Waals surface area (Å²) in [4.78, 5) is 9.12. The molecular weight excluding hydrogens is 368 g/mol. The maximum atomic E-state index is 4.88. The van der Waals surface area contributed by atoms with E-state index in [-0.39, 0.29) is 6.17 Å². The predicted molar refractivity (Wildman–Crippen MR) is 128 cm³/mol. The Morgan fingerprint density at radius 3 is 2.53 bits per heavy atom. The number of pyridine rings is 1. The van der Waals surface area contributed by atoms with E-state index in [9.17, 15) is 0 Å². The summed E-state index contributed by atoms with van der Waals surface area (Å²) < 4.78 is 0. The number of anilines is 1. The summed E-state index contributed by atoms with van der Waals surface area (Å²) in [5.74, 6) is 1.57. The van der Waals surface area contributed by atoms with Gasteiger partial charge in [0, 0.05) is 17.5 Å². The first kappa shape index (κ1) is 21.8. The van der Waals surface area contributed by atoms with Crippen LogP contribution in [0.25, 0.3) is 0 Å². The van der Waals surface area contributed by atoms with Crippen LogP contribution < -0.4 is 10.6 Å². The molecule has 1 saturated carbocycles. The zero-order chi connectivity index (χ0) is 21.3. The number of fused-ring (bicyclic) bond motifs is 1. The average Bonchev–Trinajstić information content (AvgIpc) is 3.61. The van der Waals surface area contributed by atoms with E-state index in [4.69, 9.17) is 4.99 Å². The van der Waals surface area contributed by atoms with Gasteiger partial charge in [-0.05, 0) is 43.4 Å². The molecule has 4 rings (SSSR count). The highest BCUT2D eigenvalue weighted by atomic mass is 15.2. The number of hydrogen-bond acceptors (Lipinski definition) is 4. The van der Waals surface area contributed by atoms with Gasteiger partial charge in [-0.25, -0.2) is 4.99 Å². The van der Waals surface area contributed by atoms with Gasteiger partial charge in [-0.2, -0.15) is 0 Å². The zero-order valence-electron chi connectivity index (χ0n) is 18.5. The highest BCUT2D eigenvalue weighted by Gasteiger charge is 2.24. The van der Waals surface area contributed by atoms with E-state index >= 15 is 0 Å². The number of hydrogen-bond donors (Lipinski definition) is 2. The number of unbranched alkanes of at least 4 members (excludes halogenated alkanes) is 2. The molecule has 4 nitrogen and oxygen atoms in total. The highest BCUT2D eigenvalue weighted by Crippen LogP contribution is 2.36. The third-order valence-corrected chi connectivity index (χ3v) is 5.35. The van der Waals surface area contributed by atoms with Crippen LogP contribution in [0.1, 0.15) is 70.2 Å². The van der Waals surface area contributed by atoms with Crippen molar-refractivity contribution in [3.63, 3.8) is 0 Å². The van der Waals surface area contributed by atoms with E-state index in [1.54, 1.807) is 6.20 Å². The second-order valence-electron chi connectivity index (χ2n) is 8.02. The standard InChI is InChI=1S/C21H22N4.C5H12/c1-14(16-8-9-16)12-15(2)23-21-18-10-11-22-13-19(18)24-20(25-21)17-6-4-3-5-7-17;1-3-5-4-2/h3-7,10-13,16,20,24H,2,8-9H2,1H3,(H,23,25);3-5H2,1-2H3/b14-12+;. The molecule has 0 spiro atoms. The minimum Gasteiger partial charge on any atom is -0.358 e. The van der Waals surface area contributed by atoms with Crippen LogP contribution in [0.15, 0.2) is 77.7 Å². The van der Waals surface area contributed by atoms with Crippen molar-refractivity contribution in [2.75, 3.05) is 5.32 Å². The molecule has 0 radical (unpaired) electrons. The number of aromatic nitrogens is 1. The number of amidine groups is 1. The molecule has 2 aliphatic rings. The van der Waals surface area contributed by atoms with Gasteiger partial charge in [0.1, 0.15) is 12.0 Å². The van der Waals surface area contributed by atoms with Gasteiger partial charge in [-0.15, -0.1) is 0 Å². The minimum absolute atomic E-state index is 0.137.